The summed E-state index contributed by atoms with van der Waals surface area (Å²) in [6.07, 6.45) is 1.15. The Kier molecular flexibility index (Phi) is 4.01. The molecule has 1 fully saturated rings. The maximum absolute atomic E-state index is 11.6. The molecular weight excluding hydrogens is 264 g/mol. The summed E-state index contributed by atoms with van der Waals surface area (Å²) in [5, 5.41) is 3.04. The molecule has 0 aromatic heterocycles. The molecular formula is C13H12N2O3S. The van der Waals surface area contributed by atoms with Crippen LogP contribution in [0.2, 0.25) is 0 Å². The predicted molar refractivity (Wildman–Crippen MR) is 74.1 cm³/mol. The van der Waals surface area contributed by atoms with Crippen LogP contribution >= 0.6 is 11.8 Å². The van der Waals surface area contributed by atoms with Gasteiger partial charge in [-0.2, -0.15) is 0 Å². The van der Waals surface area contributed by atoms with Gasteiger partial charge >= 0.3 is 5.97 Å². The molecule has 5 nitrogen and oxygen atoms in total. The smallest absolute Gasteiger partial charge is 0.331 e. The number of hydrogen-bond donors (Lipinski definition) is 1. The van der Waals surface area contributed by atoms with E-state index in [1.165, 1.54) is 7.11 Å². The van der Waals surface area contributed by atoms with Gasteiger partial charge in [0.25, 0.3) is 5.91 Å². The van der Waals surface area contributed by atoms with Gasteiger partial charge < -0.3 is 10.1 Å². The average molecular weight is 276 g/mol. The highest BCUT2D eigenvalue weighted by Crippen LogP contribution is 2.26. The lowest BCUT2D eigenvalue weighted by atomic mass is 10.2. The molecule has 1 N–H and O–H groups in total. The number of thioether (sulfide) groups is 1. The van der Waals surface area contributed by atoms with Gasteiger partial charge in [0.1, 0.15) is 0 Å². The number of ether oxygens (including phenoxy) is 1. The number of rotatable bonds is 2. The van der Waals surface area contributed by atoms with Crippen LogP contribution in [0.25, 0.3) is 0 Å². The van der Waals surface area contributed by atoms with Crippen molar-refractivity contribution < 1.29 is 14.3 Å². The minimum Gasteiger partial charge on any atom is -0.466 e. The normalized spacial score (nSPS) is 18.7. The Morgan fingerprint density at radius 3 is 2.68 bits per heavy atom. The number of amides is 1. The molecule has 98 valence electrons. The summed E-state index contributed by atoms with van der Waals surface area (Å²) in [5.41, 5.74) is 1.88. The average Bonchev–Trinajstić information content (AvgIpc) is 2.72. The van der Waals surface area contributed by atoms with E-state index in [2.05, 4.69) is 15.0 Å². The van der Waals surface area contributed by atoms with Crippen LogP contribution in [0, 0.1) is 6.92 Å². The summed E-state index contributed by atoms with van der Waals surface area (Å²) in [7, 11) is 1.26. The molecule has 0 spiro atoms. The standard InChI is InChI=1S/C13H12N2O3S/c1-8-3-5-9(6-4-8)14-13-15-12(17)10(19-13)7-11(16)18-2/h3-7H,1-2H3,(H,14,15,17)/b10-7+. The van der Waals surface area contributed by atoms with E-state index in [0.717, 1.165) is 29.1 Å². The Balaban J connectivity index is 2.16. The lowest BCUT2D eigenvalue weighted by Crippen LogP contribution is -2.19. The fourth-order valence-electron chi connectivity index (χ4n) is 1.38. The highest BCUT2D eigenvalue weighted by Gasteiger charge is 2.24. The lowest BCUT2D eigenvalue weighted by Gasteiger charge is -1.96. The van der Waals surface area contributed by atoms with Crippen molar-refractivity contribution in [3.8, 4) is 0 Å². The maximum Gasteiger partial charge on any atom is 0.331 e. The van der Waals surface area contributed by atoms with Gasteiger partial charge in [0.2, 0.25) is 0 Å². The minimum atomic E-state index is -0.561. The van der Waals surface area contributed by atoms with E-state index in [1.54, 1.807) is 0 Å². The number of benzene rings is 1. The zero-order chi connectivity index (χ0) is 13.8. The van der Waals surface area contributed by atoms with Gasteiger partial charge in [0, 0.05) is 6.08 Å². The summed E-state index contributed by atoms with van der Waals surface area (Å²) < 4.78 is 4.48. The van der Waals surface area contributed by atoms with Crippen molar-refractivity contribution in [2.24, 2.45) is 4.99 Å². The van der Waals surface area contributed by atoms with E-state index in [1.807, 2.05) is 31.2 Å². The minimum absolute atomic E-state index is 0.276. The van der Waals surface area contributed by atoms with Gasteiger partial charge in [0.05, 0.1) is 17.7 Å². The molecule has 1 aliphatic rings. The SMILES string of the molecule is COC(=O)/C=C1/SC(=Nc2ccc(C)cc2)NC1=O. The Hall–Kier alpha value is -2.08. The second kappa shape index (κ2) is 5.71. The second-order valence-corrected chi connectivity index (χ2v) is 4.87. The van der Waals surface area contributed by atoms with Crippen LogP contribution in [0.1, 0.15) is 5.56 Å². The van der Waals surface area contributed by atoms with Gasteiger partial charge in [-0.3, -0.25) is 4.79 Å². The van der Waals surface area contributed by atoms with Crippen molar-refractivity contribution in [1.29, 1.82) is 0 Å². The molecule has 0 radical (unpaired) electrons. The molecule has 1 amide bonds. The van der Waals surface area contributed by atoms with Crippen molar-refractivity contribution in [1.82, 2.24) is 5.32 Å². The summed E-state index contributed by atoms with van der Waals surface area (Å²) in [4.78, 5) is 27.2. The number of aliphatic imine (C=N–C) groups is 1. The third kappa shape index (κ3) is 3.45. The fraction of sp³-hybridized carbons (Fsp3) is 0.154. The van der Waals surface area contributed by atoms with E-state index >= 15 is 0 Å². The second-order valence-electron chi connectivity index (χ2n) is 3.84. The maximum atomic E-state index is 11.6. The molecule has 19 heavy (non-hydrogen) atoms. The number of nitrogens with one attached hydrogen (secondary N) is 1. The highest BCUT2D eigenvalue weighted by molar-refractivity contribution is 8.18. The third-order valence-electron chi connectivity index (χ3n) is 2.37. The van der Waals surface area contributed by atoms with Gasteiger partial charge in [-0.1, -0.05) is 17.7 Å². The Bertz CT molecular complexity index is 576. The number of esters is 1. The van der Waals surface area contributed by atoms with E-state index in [9.17, 15) is 9.59 Å². The van der Waals surface area contributed by atoms with Gasteiger partial charge in [-0.05, 0) is 30.8 Å². The van der Waals surface area contributed by atoms with Crippen molar-refractivity contribution >= 4 is 34.5 Å². The van der Waals surface area contributed by atoms with Crippen LogP contribution in [0.3, 0.4) is 0 Å². The Morgan fingerprint density at radius 2 is 2.05 bits per heavy atom. The summed E-state index contributed by atoms with van der Waals surface area (Å²) >= 11 is 1.11. The van der Waals surface area contributed by atoms with Crippen molar-refractivity contribution in [3.63, 3.8) is 0 Å². The molecule has 0 atom stereocenters. The number of nitrogens with zero attached hydrogens (tertiary/aromatic N) is 1. The quantitative estimate of drug-likeness (QED) is 0.661. The van der Waals surface area contributed by atoms with E-state index < -0.39 is 5.97 Å². The number of hydrogen-bond acceptors (Lipinski definition) is 5. The van der Waals surface area contributed by atoms with Crippen LogP contribution < -0.4 is 5.32 Å². The first kappa shape index (κ1) is 13.4. The number of carbonyl (C=O) groups excluding carboxylic acids is 2. The number of aryl methyl sites for hydroxylation is 1. The predicted octanol–water partition coefficient (Wildman–Crippen LogP) is 1.90. The first-order chi connectivity index (χ1) is 9.08. The first-order valence-corrected chi connectivity index (χ1v) is 6.34. The molecule has 2 rings (SSSR count). The molecule has 6 heteroatoms. The zero-order valence-corrected chi connectivity index (χ0v) is 11.3. The fourth-order valence-corrected chi connectivity index (χ4v) is 2.19. The van der Waals surface area contributed by atoms with E-state index in [-0.39, 0.29) is 10.8 Å². The first-order valence-electron chi connectivity index (χ1n) is 5.52. The van der Waals surface area contributed by atoms with Crippen molar-refractivity contribution in [2.45, 2.75) is 6.92 Å². The molecule has 0 bridgehead atoms. The van der Waals surface area contributed by atoms with Crippen LogP contribution in [0.5, 0.6) is 0 Å². The monoisotopic (exact) mass is 276 g/mol. The van der Waals surface area contributed by atoms with Crippen molar-refractivity contribution in [2.75, 3.05) is 7.11 Å². The summed E-state index contributed by atoms with van der Waals surface area (Å²) in [6, 6.07) is 7.59. The molecule has 1 aromatic rings. The van der Waals surface area contributed by atoms with Crippen molar-refractivity contribution in [3.05, 3.63) is 40.8 Å². The largest absolute Gasteiger partial charge is 0.466 e. The summed E-state index contributed by atoms with van der Waals surface area (Å²) in [5.74, 6) is -0.907. The third-order valence-corrected chi connectivity index (χ3v) is 3.28. The lowest BCUT2D eigenvalue weighted by molar-refractivity contribution is -0.135. The van der Waals surface area contributed by atoms with Gasteiger partial charge in [0.15, 0.2) is 5.17 Å². The van der Waals surface area contributed by atoms with Crippen LogP contribution in [0.4, 0.5) is 5.69 Å². The topological polar surface area (TPSA) is 67.8 Å². The van der Waals surface area contributed by atoms with Gasteiger partial charge in [-0.25, -0.2) is 9.79 Å². The Labute approximate surface area is 114 Å². The highest BCUT2D eigenvalue weighted by atomic mass is 32.2. The van der Waals surface area contributed by atoms with E-state index in [0.29, 0.717) is 5.17 Å². The number of methoxy groups -OCH3 is 1. The van der Waals surface area contributed by atoms with E-state index in [4.69, 9.17) is 0 Å². The molecule has 1 aromatic carbocycles. The molecule has 1 saturated heterocycles. The number of amidine groups is 1. The Morgan fingerprint density at radius 1 is 1.37 bits per heavy atom. The number of carbonyl (C=O) groups is 2. The van der Waals surface area contributed by atoms with Crippen LogP contribution in [0.15, 0.2) is 40.2 Å². The van der Waals surface area contributed by atoms with Crippen LogP contribution in [-0.4, -0.2) is 24.2 Å². The van der Waals surface area contributed by atoms with Crippen LogP contribution in [-0.2, 0) is 14.3 Å². The summed E-state index contributed by atoms with van der Waals surface area (Å²) in [6.45, 7) is 1.99. The molecule has 0 unspecified atom stereocenters. The zero-order valence-electron chi connectivity index (χ0n) is 10.5. The molecule has 0 saturated carbocycles. The molecule has 0 aliphatic carbocycles. The molecule has 1 heterocycles. The molecule has 1 aliphatic heterocycles. The van der Waals surface area contributed by atoms with Gasteiger partial charge in [-0.15, -0.1) is 0 Å².